The normalized spacial score (nSPS) is 11.9. The minimum atomic E-state index is -4.55. The van der Waals surface area contributed by atoms with E-state index < -0.39 is 27.0 Å². The number of ether oxygens (including phenoxy) is 2. The SMILES string of the molecule is C/C=C/CCCCCCCOC(=O)c1ccc(S(=O)(=O)O)cc1C(=O)OCCCCCCC/C=C/C. The summed E-state index contributed by atoms with van der Waals surface area (Å²) in [7, 11) is -4.55. The second-order valence-electron chi connectivity index (χ2n) is 8.71. The van der Waals surface area contributed by atoms with Crippen molar-refractivity contribution in [2.45, 2.75) is 95.8 Å². The molecule has 0 amide bonds. The molecule has 7 nitrogen and oxygen atoms in total. The molecule has 202 valence electrons. The topological polar surface area (TPSA) is 107 Å². The van der Waals surface area contributed by atoms with Crippen molar-refractivity contribution in [1.82, 2.24) is 0 Å². The maximum atomic E-state index is 12.7. The van der Waals surface area contributed by atoms with Crippen molar-refractivity contribution in [3.05, 3.63) is 53.6 Å². The van der Waals surface area contributed by atoms with Crippen molar-refractivity contribution >= 4 is 22.1 Å². The first-order chi connectivity index (χ1) is 17.3. The predicted molar refractivity (Wildman–Crippen MR) is 142 cm³/mol. The van der Waals surface area contributed by atoms with Crippen LogP contribution in [0.2, 0.25) is 0 Å². The molecule has 8 heteroatoms. The van der Waals surface area contributed by atoms with Crippen LogP contribution in [0.15, 0.2) is 47.4 Å². The molecule has 0 atom stereocenters. The zero-order valence-corrected chi connectivity index (χ0v) is 22.6. The number of carbonyl (C=O) groups is 2. The average molecular weight is 523 g/mol. The smallest absolute Gasteiger partial charge is 0.339 e. The Kier molecular flexibility index (Phi) is 16.5. The third kappa shape index (κ3) is 13.6. The number of carbonyl (C=O) groups excluding carboxylic acids is 2. The van der Waals surface area contributed by atoms with E-state index in [4.69, 9.17) is 9.47 Å². The molecule has 1 rings (SSSR count). The average Bonchev–Trinajstić information content (AvgIpc) is 2.85. The Bertz CT molecular complexity index is 949. The fourth-order valence-corrected chi connectivity index (χ4v) is 4.15. The molecular formula is C28H42O7S. The molecule has 0 fully saturated rings. The number of unbranched alkanes of at least 4 members (excludes halogenated alkanes) is 10. The second-order valence-corrected chi connectivity index (χ2v) is 10.1. The molecule has 0 aliphatic carbocycles. The summed E-state index contributed by atoms with van der Waals surface area (Å²) < 4.78 is 43.1. The van der Waals surface area contributed by atoms with Crippen LogP contribution >= 0.6 is 0 Å². The molecule has 0 heterocycles. The summed E-state index contributed by atoms with van der Waals surface area (Å²) >= 11 is 0. The second kappa shape index (κ2) is 18.8. The fourth-order valence-electron chi connectivity index (χ4n) is 3.64. The van der Waals surface area contributed by atoms with Crippen molar-refractivity contribution in [2.75, 3.05) is 13.2 Å². The minimum Gasteiger partial charge on any atom is -0.462 e. The Labute approximate surface area is 216 Å². The zero-order valence-electron chi connectivity index (χ0n) is 21.7. The van der Waals surface area contributed by atoms with Crippen molar-refractivity contribution in [3.63, 3.8) is 0 Å². The summed E-state index contributed by atoms with van der Waals surface area (Å²) in [5, 5.41) is 0. The molecule has 1 aromatic rings. The van der Waals surface area contributed by atoms with E-state index in [0.717, 1.165) is 76.3 Å². The Balaban J connectivity index is 2.59. The Morgan fingerprint density at radius 1 is 0.722 bits per heavy atom. The lowest BCUT2D eigenvalue weighted by Crippen LogP contribution is -2.16. The molecule has 0 saturated carbocycles. The molecular weight excluding hydrogens is 480 g/mol. The van der Waals surface area contributed by atoms with E-state index in [0.29, 0.717) is 12.8 Å². The highest BCUT2D eigenvalue weighted by Gasteiger charge is 2.23. The van der Waals surface area contributed by atoms with Crippen molar-refractivity contribution < 1.29 is 32.0 Å². The largest absolute Gasteiger partial charge is 0.462 e. The standard InChI is InChI=1S/C28H42O7S/c1-3-5-7-9-11-13-15-17-21-34-27(29)25-20-19-24(36(31,32)33)23-26(25)28(30)35-22-18-16-14-12-10-8-6-4-2/h3-6,19-20,23H,7-18,21-22H2,1-2H3,(H,31,32,33)/b5-3+,6-4+. The van der Waals surface area contributed by atoms with Crippen LogP contribution in [-0.2, 0) is 19.6 Å². The van der Waals surface area contributed by atoms with Crippen LogP contribution < -0.4 is 0 Å². The van der Waals surface area contributed by atoms with Crippen LogP contribution in [0.25, 0.3) is 0 Å². The lowest BCUT2D eigenvalue weighted by Gasteiger charge is -2.11. The first kappa shape index (κ1) is 31.6. The summed E-state index contributed by atoms with van der Waals surface area (Å²) in [6.45, 7) is 4.37. The molecule has 1 aromatic carbocycles. The van der Waals surface area contributed by atoms with Gasteiger partial charge in [-0.15, -0.1) is 0 Å². The highest BCUT2D eigenvalue weighted by molar-refractivity contribution is 7.85. The van der Waals surface area contributed by atoms with Crippen molar-refractivity contribution in [3.8, 4) is 0 Å². The van der Waals surface area contributed by atoms with Gasteiger partial charge >= 0.3 is 11.9 Å². The molecule has 36 heavy (non-hydrogen) atoms. The number of hydrogen-bond donors (Lipinski definition) is 1. The predicted octanol–water partition coefficient (Wildman–Crippen LogP) is 7.08. The summed E-state index contributed by atoms with van der Waals surface area (Å²) in [6.07, 6.45) is 20.2. The molecule has 0 bridgehead atoms. The van der Waals surface area contributed by atoms with Gasteiger partial charge in [-0.05, 0) is 70.6 Å². The fraction of sp³-hybridized carbons (Fsp3) is 0.571. The van der Waals surface area contributed by atoms with Gasteiger partial charge in [-0.3, -0.25) is 4.55 Å². The summed E-state index contributed by atoms with van der Waals surface area (Å²) in [5.74, 6) is -1.54. The van der Waals surface area contributed by atoms with E-state index in [2.05, 4.69) is 12.2 Å². The lowest BCUT2D eigenvalue weighted by molar-refractivity contribution is 0.0450. The van der Waals surface area contributed by atoms with Gasteiger partial charge in [-0.2, -0.15) is 8.42 Å². The highest BCUT2D eigenvalue weighted by atomic mass is 32.2. The first-order valence-corrected chi connectivity index (χ1v) is 14.4. The van der Waals surface area contributed by atoms with Crippen LogP contribution in [0.1, 0.15) is 112 Å². The number of esters is 2. The van der Waals surface area contributed by atoms with Crippen LogP contribution in [0.3, 0.4) is 0 Å². The molecule has 0 unspecified atom stereocenters. The highest BCUT2D eigenvalue weighted by Crippen LogP contribution is 2.19. The summed E-state index contributed by atoms with van der Waals surface area (Å²) in [5.41, 5.74) is -0.312. The van der Waals surface area contributed by atoms with Gasteiger partial charge in [0, 0.05) is 0 Å². The molecule has 0 aliphatic rings. The van der Waals surface area contributed by atoms with E-state index in [1.165, 1.54) is 6.07 Å². The molecule has 0 aliphatic heterocycles. The van der Waals surface area contributed by atoms with E-state index in [9.17, 15) is 22.6 Å². The third-order valence-corrected chi connectivity index (χ3v) is 6.55. The maximum Gasteiger partial charge on any atom is 0.339 e. The van der Waals surface area contributed by atoms with E-state index in [1.807, 2.05) is 26.0 Å². The maximum absolute atomic E-state index is 12.7. The van der Waals surface area contributed by atoms with Gasteiger partial charge < -0.3 is 9.47 Å². The van der Waals surface area contributed by atoms with Gasteiger partial charge in [0.2, 0.25) is 0 Å². The van der Waals surface area contributed by atoms with Gasteiger partial charge in [0.15, 0.2) is 0 Å². The van der Waals surface area contributed by atoms with Gasteiger partial charge in [0.1, 0.15) is 0 Å². The van der Waals surface area contributed by atoms with Crippen molar-refractivity contribution in [1.29, 1.82) is 0 Å². The monoisotopic (exact) mass is 522 g/mol. The van der Waals surface area contributed by atoms with E-state index >= 15 is 0 Å². The van der Waals surface area contributed by atoms with Gasteiger partial charge in [-0.1, -0.05) is 62.8 Å². The molecule has 0 spiro atoms. The van der Waals surface area contributed by atoms with E-state index in [-0.39, 0.29) is 24.3 Å². The van der Waals surface area contributed by atoms with Crippen LogP contribution in [0.5, 0.6) is 0 Å². The lowest BCUT2D eigenvalue weighted by atomic mass is 10.1. The van der Waals surface area contributed by atoms with Gasteiger partial charge in [0.05, 0.1) is 29.2 Å². The summed E-state index contributed by atoms with van der Waals surface area (Å²) in [6, 6.07) is 3.20. The number of benzene rings is 1. The molecule has 0 saturated heterocycles. The van der Waals surface area contributed by atoms with Crippen molar-refractivity contribution in [2.24, 2.45) is 0 Å². The molecule has 0 aromatic heterocycles. The van der Waals surface area contributed by atoms with E-state index in [1.54, 1.807) is 0 Å². The van der Waals surface area contributed by atoms with Crippen LogP contribution in [-0.4, -0.2) is 38.1 Å². The van der Waals surface area contributed by atoms with Gasteiger partial charge in [-0.25, -0.2) is 9.59 Å². The molecule has 0 radical (unpaired) electrons. The summed E-state index contributed by atoms with van der Waals surface area (Å²) in [4.78, 5) is 24.8. The minimum absolute atomic E-state index is 0.0808. The third-order valence-electron chi connectivity index (χ3n) is 5.70. The first-order valence-electron chi connectivity index (χ1n) is 13.0. The molecule has 1 N–H and O–H groups in total. The van der Waals surface area contributed by atoms with Crippen LogP contribution in [0, 0.1) is 0 Å². The Morgan fingerprint density at radius 2 is 1.17 bits per heavy atom. The Morgan fingerprint density at radius 3 is 1.64 bits per heavy atom. The number of allylic oxidation sites excluding steroid dienone is 4. The zero-order chi connectivity index (χ0) is 26.7. The number of hydrogen-bond acceptors (Lipinski definition) is 6. The number of rotatable bonds is 19. The van der Waals surface area contributed by atoms with Gasteiger partial charge in [0.25, 0.3) is 10.1 Å². The van der Waals surface area contributed by atoms with Crippen LogP contribution in [0.4, 0.5) is 0 Å². The quantitative estimate of drug-likeness (QED) is 0.0895. The Hall–Kier alpha value is -2.45.